The number of hydrogen-bond donors (Lipinski definition) is 1. The van der Waals surface area contributed by atoms with E-state index in [4.69, 9.17) is 34.8 Å². The van der Waals surface area contributed by atoms with Crippen molar-refractivity contribution < 1.29 is 0 Å². The number of anilines is 1. The van der Waals surface area contributed by atoms with Crippen LogP contribution in [0.2, 0.25) is 10.0 Å². The Morgan fingerprint density at radius 3 is 2.07 bits per heavy atom. The van der Waals surface area contributed by atoms with Crippen molar-refractivity contribution in [2.45, 2.75) is 38.5 Å². The molecule has 0 bridgehead atoms. The van der Waals surface area contributed by atoms with Gasteiger partial charge in [0, 0.05) is 27.3 Å². The van der Waals surface area contributed by atoms with Gasteiger partial charge in [-0.2, -0.15) is 0 Å². The van der Waals surface area contributed by atoms with Crippen molar-refractivity contribution in [2.24, 2.45) is 0 Å². The van der Waals surface area contributed by atoms with Crippen molar-refractivity contribution in [3.63, 3.8) is 0 Å². The minimum Gasteiger partial charge on any atom is -0.359 e. The largest absolute Gasteiger partial charge is 0.359 e. The quantitative estimate of drug-likeness (QED) is 0.363. The van der Waals surface area contributed by atoms with Crippen molar-refractivity contribution in [1.29, 1.82) is 0 Å². The molecule has 3 aromatic rings. The predicted molar refractivity (Wildman–Crippen MR) is 133 cm³/mol. The van der Waals surface area contributed by atoms with Crippen LogP contribution in [0.15, 0.2) is 72.9 Å². The summed E-state index contributed by atoms with van der Waals surface area (Å²) in [4.78, 5) is -0.595. The lowest BCUT2D eigenvalue weighted by Crippen LogP contribution is -2.27. The lowest BCUT2D eigenvalue weighted by Gasteiger charge is -2.32. The third-order valence-corrected chi connectivity index (χ3v) is 5.81. The van der Waals surface area contributed by atoms with E-state index in [1.165, 1.54) is 22.3 Å². The van der Waals surface area contributed by atoms with Gasteiger partial charge in [0.15, 0.2) is 0 Å². The van der Waals surface area contributed by atoms with Crippen LogP contribution in [0.25, 0.3) is 11.1 Å². The van der Waals surface area contributed by atoms with Crippen LogP contribution >= 0.6 is 34.8 Å². The minimum absolute atomic E-state index is 0.195. The third-order valence-electron chi connectivity index (χ3n) is 5.16. The number of allylic oxidation sites excluding steroid dienone is 1. The van der Waals surface area contributed by atoms with Gasteiger partial charge >= 0.3 is 0 Å². The first-order valence-electron chi connectivity index (χ1n) is 9.83. The van der Waals surface area contributed by atoms with Crippen LogP contribution in [0.1, 0.15) is 36.5 Å². The summed E-state index contributed by atoms with van der Waals surface area (Å²) in [6.45, 7) is 12.4. The predicted octanol–water partition coefficient (Wildman–Crippen LogP) is 9.00. The number of nitrogens with one attached hydrogen (secondary N) is 1. The minimum atomic E-state index is -0.595. The molecule has 1 nitrogen and oxygen atoms in total. The highest BCUT2D eigenvalue weighted by molar-refractivity contribution is 6.34. The molecule has 0 aliphatic heterocycles. The second-order valence-corrected chi connectivity index (χ2v) is 10.1. The Labute approximate surface area is 194 Å². The highest BCUT2D eigenvalue weighted by Crippen LogP contribution is 2.41. The molecule has 1 atom stereocenters. The van der Waals surface area contributed by atoms with E-state index in [9.17, 15) is 0 Å². The van der Waals surface area contributed by atoms with E-state index in [0.717, 1.165) is 16.9 Å². The van der Waals surface area contributed by atoms with Gasteiger partial charge in [-0.15, -0.1) is 11.6 Å². The van der Waals surface area contributed by atoms with Crippen molar-refractivity contribution in [3.05, 3.63) is 99.7 Å². The van der Waals surface area contributed by atoms with Gasteiger partial charge in [0.1, 0.15) is 0 Å². The normalized spacial score (nSPS) is 12.5. The fourth-order valence-electron chi connectivity index (χ4n) is 3.76. The molecule has 3 aromatic carbocycles. The summed E-state index contributed by atoms with van der Waals surface area (Å²) in [5.74, 6) is -0.195. The Morgan fingerprint density at radius 1 is 0.900 bits per heavy atom. The molecule has 0 fully saturated rings. The van der Waals surface area contributed by atoms with E-state index in [-0.39, 0.29) is 5.92 Å². The molecule has 0 spiro atoms. The number of rotatable bonds is 6. The zero-order valence-electron chi connectivity index (χ0n) is 17.7. The first-order chi connectivity index (χ1) is 14.0. The topological polar surface area (TPSA) is 12.0 Å². The molecule has 3 rings (SSSR count). The summed E-state index contributed by atoms with van der Waals surface area (Å²) in [7, 11) is 0. The maximum Gasteiger partial charge on any atom is 0.0513 e. The summed E-state index contributed by atoms with van der Waals surface area (Å²) in [5, 5.41) is 4.62. The van der Waals surface area contributed by atoms with Gasteiger partial charge in [-0.25, -0.2) is 0 Å². The van der Waals surface area contributed by atoms with Gasteiger partial charge in [0.25, 0.3) is 0 Å². The van der Waals surface area contributed by atoms with Crippen LogP contribution in [-0.2, 0) is 0 Å². The highest BCUT2D eigenvalue weighted by atomic mass is 35.5. The zero-order chi connectivity index (χ0) is 22.1. The molecule has 30 heavy (non-hydrogen) atoms. The number of hydrogen-bond acceptors (Lipinski definition) is 1. The molecule has 4 heteroatoms. The fraction of sp³-hybridized carbons (Fsp3) is 0.231. The Balaban J connectivity index is 1.94. The number of aryl methyl sites for hydroxylation is 2. The van der Waals surface area contributed by atoms with Crippen LogP contribution in [-0.4, -0.2) is 4.87 Å². The zero-order valence-corrected chi connectivity index (χ0v) is 20.0. The van der Waals surface area contributed by atoms with Crippen LogP contribution in [0.4, 0.5) is 5.69 Å². The van der Waals surface area contributed by atoms with Gasteiger partial charge in [-0.3, -0.25) is 0 Å². The third kappa shape index (κ3) is 5.40. The van der Waals surface area contributed by atoms with E-state index < -0.39 is 4.87 Å². The summed E-state index contributed by atoms with van der Waals surface area (Å²) >= 11 is 19.3. The monoisotopic (exact) mass is 457 g/mol. The number of halogens is 3. The molecule has 0 amide bonds. The van der Waals surface area contributed by atoms with Crippen LogP contribution in [0, 0.1) is 13.8 Å². The summed E-state index contributed by atoms with van der Waals surface area (Å²) in [6, 6.07) is 20.4. The molecule has 0 saturated carbocycles. The maximum atomic E-state index is 6.78. The van der Waals surface area contributed by atoms with Crippen molar-refractivity contribution in [2.75, 3.05) is 5.32 Å². The summed E-state index contributed by atoms with van der Waals surface area (Å²) in [5.41, 5.74) is 7.49. The van der Waals surface area contributed by atoms with Crippen LogP contribution in [0.5, 0.6) is 0 Å². The molecule has 0 aliphatic carbocycles. The average Bonchev–Trinajstić information content (AvgIpc) is 2.62. The second kappa shape index (κ2) is 9.06. The van der Waals surface area contributed by atoms with Crippen molar-refractivity contribution in [3.8, 4) is 11.1 Å². The molecule has 0 aromatic heterocycles. The Kier molecular flexibility index (Phi) is 6.87. The summed E-state index contributed by atoms with van der Waals surface area (Å²) < 4.78 is 0. The molecule has 156 valence electrons. The first kappa shape index (κ1) is 22.7. The van der Waals surface area contributed by atoms with Crippen LogP contribution in [0.3, 0.4) is 0 Å². The van der Waals surface area contributed by atoms with Crippen LogP contribution < -0.4 is 5.32 Å². The lowest BCUT2D eigenvalue weighted by atomic mass is 9.85. The smallest absolute Gasteiger partial charge is 0.0513 e. The summed E-state index contributed by atoms with van der Waals surface area (Å²) in [6.07, 6.45) is 0. The molecule has 0 heterocycles. The Hall–Kier alpha value is -1.93. The SMILES string of the molecule is C=C(Nc1ccc(C)c(-c2ccc(C)cc2)c1)C(c1cc(Cl)cc(Cl)c1)C(C)(C)Cl. The number of alkyl halides is 1. The lowest BCUT2D eigenvalue weighted by molar-refractivity contribution is 0.599. The van der Waals surface area contributed by atoms with Crippen molar-refractivity contribution in [1.82, 2.24) is 0 Å². The Bertz CT molecular complexity index is 1040. The van der Waals surface area contributed by atoms with Crippen molar-refractivity contribution >= 4 is 40.5 Å². The Morgan fingerprint density at radius 2 is 1.50 bits per heavy atom. The van der Waals surface area contributed by atoms with Gasteiger partial charge in [-0.05, 0) is 80.3 Å². The molecule has 0 aliphatic rings. The van der Waals surface area contributed by atoms with Gasteiger partial charge < -0.3 is 5.32 Å². The van der Waals surface area contributed by atoms with E-state index >= 15 is 0 Å². The van der Waals surface area contributed by atoms with Gasteiger partial charge in [0.05, 0.1) is 4.87 Å². The molecular formula is C26H26Cl3N. The van der Waals surface area contributed by atoms with E-state index in [1.807, 2.05) is 26.0 Å². The van der Waals surface area contributed by atoms with E-state index in [1.54, 1.807) is 6.07 Å². The fourth-order valence-corrected chi connectivity index (χ4v) is 4.56. The second-order valence-electron chi connectivity index (χ2n) is 8.25. The molecule has 1 unspecified atom stereocenters. The van der Waals surface area contributed by atoms with Gasteiger partial charge in [0.2, 0.25) is 0 Å². The molecular weight excluding hydrogens is 433 g/mol. The maximum absolute atomic E-state index is 6.78. The standard InChI is InChI=1S/C26H26Cl3N/c1-16-6-9-19(10-7-16)24-15-23(11-8-17(24)2)30-18(3)25(26(4,5)29)20-12-21(27)14-22(28)13-20/h6-15,25,30H,3H2,1-2,4-5H3. The highest BCUT2D eigenvalue weighted by Gasteiger charge is 2.32. The molecule has 0 radical (unpaired) electrons. The molecule has 1 N–H and O–H groups in total. The average molecular weight is 459 g/mol. The number of benzene rings is 3. The van der Waals surface area contributed by atoms with E-state index in [2.05, 4.69) is 68.2 Å². The molecule has 0 saturated heterocycles. The first-order valence-corrected chi connectivity index (χ1v) is 11.0. The van der Waals surface area contributed by atoms with Gasteiger partial charge in [-0.1, -0.05) is 65.7 Å². The van der Waals surface area contributed by atoms with E-state index in [0.29, 0.717) is 10.0 Å².